The maximum absolute atomic E-state index is 12.3. The molecule has 0 atom stereocenters. The van der Waals surface area contributed by atoms with E-state index in [0.29, 0.717) is 29.0 Å². The highest BCUT2D eigenvalue weighted by Crippen LogP contribution is 2.17. The van der Waals surface area contributed by atoms with Crippen LogP contribution in [0.4, 0.5) is 0 Å². The number of carbonyl (C=O) groups is 2. The average Bonchev–Trinajstić information content (AvgIpc) is 2.54. The SMILES string of the molecule is CCOC(=O)c1ccc(C(=O)c2cccc(OC)c2)cc1. The smallest absolute Gasteiger partial charge is 0.338 e. The van der Waals surface area contributed by atoms with Crippen LogP contribution in [0, 0.1) is 0 Å². The Hall–Kier alpha value is -2.62. The van der Waals surface area contributed by atoms with Crippen molar-refractivity contribution in [1.29, 1.82) is 0 Å². The Morgan fingerprint density at radius 3 is 2.24 bits per heavy atom. The lowest BCUT2D eigenvalue weighted by molar-refractivity contribution is 0.0526. The molecule has 0 radical (unpaired) electrons. The second kappa shape index (κ2) is 6.70. The third-order valence-corrected chi connectivity index (χ3v) is 2.99. The maximum Gasteiger partial charge on any atom is 0.338 e. The minimum absolute atomic E-state index is 0.121. The molecule has 4 nitrogen and oxygen atoms in total. The first-order valence-corrected chi connectivity index (χ1v) is 6.61. The zero-order chi connectivity index (χ0) is 15.2. The largest absolute Gasteiger partial charge is 0.497 e. The average molecular weight is 284 g/mol. The molecule has 2 aromatic rings. The number of hydrogen-bond acceptors (Lipinski definition) is 4. The fourth-order valence-corrected chi connectivity index (χ4v) is 1.90. The molecule has 0 fully saturated rings. The molecule has 0 spiro atoms. The van der Waals surface area contributed by atoms with Crippen LogP contribution in [-0.4, -0.2) is 25.5 Å². The highest BCUT2D eigenvalue weighted by atomic mass is 16.5. The van der Waals surface area contributed by atoms with Gasteiger partial charge < -0.3 is 9.47 Å². The van der Waals surface area contributed by atoms with Gasteiger partial charge in [-0.2, -0.15) is 0 Å². The van der Waals surface area contributed by atoms with Gasteiger partial charge in [0.15, 0.2) is 5.78 Å². The van der Waals surface area contributed by atoms with Gasteiger partial charge in [0, 0.05) is 11.1 Å². The molecule has 0 saturated heterocycles. The van der Waals surface area contributed by atoms with Crippen LogP contribution in [0.5, 0.6) is 5.75 Å². The van der Waals surface area contributed by atoms with Crippen LogP contribution in [-0.2, 0) is 4.74 Å². The molecule has 4 heteroatoms. The number of rotatable bonds is 5. The van der Waals surface area contributed by atoms with E-state index in [1.807, 2.05) is 0 Å². The standard InChI is InChI=1S/C17H16O4/c1-3-21-17(19)13-9-7-12(8-10-13)16(18)14-5-4-6-15(11-14)20-2/h4-11H,3H2,1-2H3. The highest BCUT2D eigenvalue weighted by Gasteiger charge is 2.12. The number of carbonyl (C=O) groups excluding carboxylic acids is 2. The molecule has 0 saturated carbocycles. The zero-order valence-corrected chi connectivity index (χ0v) is 12.0. The van der Waals surface area contributed by atoms with Crippen molar-refractivity contribution in [3.63, 3.8) is 0 Å². The molecule has 0 heterocycles. The quantitative estimate of drug-likeness (QED) is 0.625. The van der Waals surface area contributed by atoms with E-state index in [2.05, 4.69) is 0 Å². The Balaban J connectivity index is 2.21. The van der Waals surface area contributed by atoms with Gasteiger partial charge >= 0.3 is 5.97 Å². The molecule has 21 heavy (non-hydrogen) atoms. The van der Waals surface area contributed by atoms with Gasteiger partial charge in [-0.05, 0) is 31.2 Å². The van der Waals surface area contributed by atoms with Crippen molar-refractivity contribution >= 4 is 11.8 Å². The second-order valence-corrected chi connectivity index (χ2v) is 4.36. The molecule has 0 aliphatic rings. The molecule has 0 N–H and O–H groups in total. The van der Waals surface area contributed by atoms with Gasteiger partial charge in [0.1, 0.15) is 5.75 Å². The Bertz CT molecular complexity index is 644. The van der Waals surface area contributed by atoms with Crippen molar-refractivity contribution < 1.29 is 19.1 Å². The van der Waals surface area contributed by atoms with Crippen LogP contribution in [0.3, 0.4) is 0 Å². The van der Waals surface area contributed by atoms with E-state index in [1.54, 1.807) is 62.6 Å². The van der Waals surface area contributed by atoms with E-state index >= 15 is 0 Å². The van der Waals surface area contributed by atoms with E-state index in [4.69, 9.17) is 9.47 Å². The van der Waals surface area contributed by atoms with Crippen molar-refractivity contribution in [2.45, 2.75) is 6.92 Å². The molecule has 0 aliphatic carbocycles. The van der Waals surface area contributed by atoms with Crippen molar-refractivity contribution in [2.24, 2.45) is 0 Å². The third-order valence-electron chi connectivity index (χ3n) is 2.99. The summed E-state index contributed by atoms with van der Waals surface area (Å²) in [6.45, 7) is 2.07. The van der Waals surface area contributed by atoms with Crippen LogP contribution in [0.15, 0.2) is 48.5 Å². The number of esters is 1. The predicted octanol–water partition coefficient (Wildman–Crippen LogP) is 3.10. The van der Waals surface area contributed by atoms with E-state index < -0.39 is 5.97 Å². The van der Waals surface area contributed by atoms with Crippen molar-refractivity contribution in [3.05, 3.63) is 65.2 Å². The van der Waals surface area contributed by atoms with Gasteiger partial charge in [0.2, 0.25) is 0 Å². The Morgan fingerprint density at radius 1 is 0.952 bits per heavy atom. The van der Waals surface area contributed by atoms with Crippen molar-refractivity contribution in [1.82, 2.24) is 0 Å². The molecule has 108 valence electrons. The molecule has 0 bridgehead atoms. The molecule has 0 amide bonds. The zero-order valence-electron chi connectivity index (χ0n) is 12.0. The summed E-state index contributed by atoms with van der Waals surface area (Å²) in [6.07, 6.45) is 0. The summed E-state index contributed by atoms with van der Waals surface area (Å²) in [7, 11) is 1.55. The van der Waals surface area contributed by atoms with Gasteiger partial charge in [-0.25, -0.2) is 4.79 Å². The first kappa shape index (κ1) is 14.8. The Labute approximate surface area is 123 Å². The normalized spacial score (nSPS) is 10.0. The van der Waals surface area contributed by atoms with Gasteiger partial charge in [0.05, 0.1) is 19.3 Å². The number of methoxy groups -OCH3 is 1. The first-order valence-electron chi connectivity index (χ1n) is 6.61. The van der Waals surface area contributed by atoms with Gasteiger partial charge in [-0.1, -0.05) is 24.3 Å². The summed E-state index contributed by atoms with van der Waals surface area (Å²) in [5.74, 6) is 0.117. The number of ketones is 1. The summed E-state index contributed by atoms with van der Waals surface area (Å²) in [5, 5.41) is 0. The molecule has 2 aromatic carbocycles. The molecule has 0 aliphatic heterocycles. The third kappa shape index (κ3) is 3.48. The topological polar surface area (TPSA) is 52.6 Å². The van der Waals surface area contributed by atoms with Crippen LogP contribution in [0.25, 0.3) is 0 Å². The monoisotopic (exact) mass is 284 g/mol. The second-order valence-electron chi connectivity index (χ2n) is 4.36. The van der Waals surface area contributed by atoms with Crippen molar-refractivity contribution in [3.8, 4) is 5.75 Å². The van der Waals surface area contributed by atoms with Crippen LogP contribution in [0.2, 0.25) is 0 Å². The Morgan fingerprint density at radius 2 is 1.62 bits per heavy atom. The molecular formula is C17H16O4. The lowest BCUT2D eigenvalue weighted by atomic mass is 10.0. The first-order chi connectivity index (χ1) is 10.2. The van der Waals surface area contributed by atoms with Crippen LogP contribution < -0.4 is 4.74 Å². The van der Waals surface area contributed by atoms with E-state index in [0.717, 1.165) is 0 Å². The highest BCUT2D eigenvalue weighted by molar-refractivity contribution is 6.09. The van der Waals surface area contributed by atoms with E-state index in [1.165, 1.54) is 0 Å². The predicted molar refractivity (Wildman–Crippen MR) is 78.8 cm³/mol. The lowest BCUT2D eigenvalue weighted by Gasteiger charge is -2.05. The fraction of sp³-hybridized carbons (Fsp3) is 0.176. The summed E-state index contributed by atoms with van der Waals surface area (Å²) in [6, 6.07) is 13.4. The Kier molecular flexibility index (Phi) is 4.72. The minimum Gasteiger partial charge on any atom is -0.497 e. The van der Waals surface area contributed by atoms with Crippen LogP contribution in [0.1, 0.15) is 33.2 Å². The summed E-state index contributed by atoms with van der Waals surface area (Å²) in [5.41, 5.74) is 1.48. The van der Waals surface area contributed by atoms with Gasteiger partial charge in [-0.3, -0.25) is 4.79 Å². The summed E-state index contributed by atoms with van der Waals surface area (Å²) < 4.78 is 10.0. The van der Waals surface area contributed by atoms with Crippen LogP contribution >= 0.6 is 0 Å². The minimum atomic E-state index is -0.391. The number of ether oxygens (including phenoxy) is 2. The van der Waals surface area contributed by atoms with E-state index in [-0.39, 0.29) is 5.78 Å². The molecule has 0 aromatic heterocycles. The summed E-state index contributed by atoms with van der Waals surface area (Å²) >= 11 is 0. The molecular weight excluding hydrogens is 268 g/mol. The molecule has 2 rings (SSSR count). The van der Waals surface area contributed by atoms with Crippen molar-refractivity contribution in [2.75, 3.05) is 13.7 Å². The van der Waals surface area contributed by atoms with Gasteiger partial charge in [0.25, 0.3) is 0 Å². The molecule has 0 unspecified atom stereocenters. The number of benzene rings is 2. The maximum atomic E-state index is 12.3. The van der Waals surface area contributed by atoms with Gasteiger partial charge in [-0.15, -0.1) is 0 Å². The van der Waals surface area contributed by atoms with E-state index in [9.17, 15) is 9.59 Å². The number of hydrogen-bond donors (Lipinski definition) is 0. The fourth-order valence-electron chi connectivity index (χ4n) is 1.90. The summed E-state index contributed by atoms with van der Waals surface area (Å²) in [4.78, 5) is 23.9. The lowest BCUT2D eigenvalue weighted by Crippen LogP contribution is -2.06.